The first-order valence-electron chi connectivity index (χ1n) is 7.52. The molecule has 0 N–H and O–H groups in total. The first-order valence-corrected chi connectivity index (χ1v) is 7.52. The van der Waals surface area contributed by atoms with Crippen molar-refractivity contribution in [2.24, 2.45) is 10.2 Å². The molecule has 0 amide bonds. The quantitative estimate of drug-likeness (QED) is 0.418. The molecular formula is C18H16F4N2O. The third-order valence-corrected chi connectivity index (χ3v) is 3.22. The van der Waals surface area contributed by atoms with E-state index in [1.54, 1.807) is 6.21 Å². The SMILES string of the molecule is CCc1ccc(/C=N/N=C/c2ccc(OCC(F)(F)F)c(F)c2)cc1. The van der Waals surface area contributed by atoms with Crippen LogP contribution in [0.2, 0.25) is 0 Å². The monoisotopic (exact) mass is 352 g/mol. The van der Waals surface area contributed by atoms with Gasteiger partial charge in [-0.05, 0) is 41.3 Å². The number of rotatable bonds is 6. The molecule has 0 aliphatic carbocycles. The van der Waals surface area contributed by atoms with Crippen molar-refractivity contribution in [1.82, 2.24) is 0 Å². The summed E-state index contributed by atoms with van der Waals surface area (Å²) >= 11 is 0. The summed E-state index contributed by atoms with van der Waals surface area (Å²) in [5.41, 5.74) is 2.44. The molecule has 0 atom stereocenters. The van der Waals surface area contributed by atoms with Crippen molar-refractivity contribution in [3.63, 3.8) is 0 Å². The number of aryl methyl sites for hydroxylation is 1. The van der Waals surface area contributed by atoms with Gasteiger partial charge in [0.2, 0.25) is 0 Å². The molecule has 25 heavy (non-hydrogen) atoms. The van der Waals surface area contributed by atoms with Gasteiger partial charge in [0.1, 0.15) is 0 Å². The van der Waals surface area contributed by atoms with Gasteiger partial charge < -0.3 is 4.74 Å². The zero-order valence-corrected chi connectivity index (χ0v) is 13.4. The van der Waals surface area contributed by atoms with E-state index in [2.05, 4.69) is 21.9 Å². The van der Waals surface area contributed by atoms with Crippen molar-refractivity contribution >= 4 is 12.4 Å². The van der Waals surface area contributed by atoms with Gasteiger partial charge in [-0.3, -0.25) is 0 Å². The summed E-state index contributed by atoms with van der Waals surface area (Å²) < 4.78 is 54.2. The third-order valence-electron chi connectivity index (χ3n) is 3.22. The second-order valence-electron chi connectivity index (χ2n) is 5.18. The lowest BCUT2D eigenvalue weighted by Gasteiger charge is -2.09. The molecule has 0 spiro atoms. The Labute approximate surface area is 142 Å². The summed E-state index contributed by atoms with van der Waals surface area (Å²) in [5.74, 6) is -1.36. The Morgan fingerprint density at radius 2 is 1.56 bits per heavy atom. The first-order chi connectivity index (χ1) is 11.9. The maximum Gasteiger partial charge on any atom is 0.422 e. The topological polar surface area (TPSA) is 34.0 Å². The Morgan fingerprint density at radius 3 is 2.12 bits per heavy atom. The Balaban J connectivity index is 1.96. The standard InChI is InChI=1S/C18H16F4N2O/c1-2-13-3-5-14(6-4-13)10-23-24-11-15-7-8-17(16(19)9-15)25-12-18(20,21)22/h3-11H,2,12H2,1H3/b23-10+,24-11+. The van der Waals surface area contributed by atoms with Crippen LogP contribution in [0.25, 0.3) is 0 Å². The lowest BCUT2D eigenvalue weighted by atomic mass is 10.1. The summed E-state index contributed by atoms with van der Waals surface area (Å²) in [6, 6.07) is 11.3. The smallest absolute Gasteiger partial charge is 0.422 e. The van der Waals surface area contributed by atoms with E-state index in [1.807, 2.05) is 24.3 Å². The van der Waals surface area contributed by atoms with E-state index < -0.39 is 24.3 Å². The van der Waals surface area contributed by atoms with Crippen LogP contribution in [-0.2, 0) is 6.42 Å². The molecule has 0 aliphatic rings. The number of benzene rings is 2. The summed E-state index contributed by atoms with van der Waals surface area (Å²) in [6.07, 6.45) is -0.721. The van der Waals surface area contributed by atoms with Crippen LogP contribution in [0.3, 0.4) is 0 Å². The number of hydrogen-bond donors (Lipinski definition) is 0. The van der Waals surface area contributed by atoms with E-state index in [9.17, 15) is 17.6 Å². The van der Waals surface area contributed by atoms with E-state index >= 15 is 0 Å². The number of nitrogens with zero attached hydrogens (tertiary/aromatic N) is 2. The summed E-state index contributed by atoms with van der Waals surface area (Å²) in [5, 5.41) is 7.65. The number of halogens is 4. The molecule has 0 saturated carbocycles. The highest BCUT2D eigenvalue weighted by molar-refractivity contribution is 5.82. The molecule has 0 aromatic heterocycles. The van der Waals surface area contributed by atoms with E-state index in [4.69, 9.17) is 0 Å². The average molecular weight is 352 g/mol. The second-order valence-corrected chi connectivity index (χ2v) is 5.18. The highest BCUT2D eigenvalue weighted by atomic mass is 19.4. The molecule has 3 nitrogen and oxygen atoms in total. The highest BCUT2D eigenvalue weighted by Gasteiger charge is 2.28. The maximum atomic E-state index is 13.7. The molecule has 7 heteroatoms. The van der Waals surface area contributed by atoms with Crippen molar-refractivity contribution < 1.29 is 22.3 Å². The fourth-order valence-corrected chi connectivity index (χ4v) is 1.91. The summed E-state index contributed by atoms with van der Waals surface area (Å²) in [6.45, 7) is 0.518. The Bertz CT molecular complexity index is 753. The lowest BCUT2D eigenvalue weighted by Crippen LogP contribution is -2.19. The fraction of sp³-hybridized carbons (Fsp3) is 0.222. The van der Waals surface area contributed by atoms with Crippen molar-refractivity contribution in [2.45, 2.75) is 19.5 Å². The van der Waals surface area contributed by atoms with Crippen LogP contribution in [0.15, 0.2) is 52.7 Å². The van der Waals surface area contributed by atoms with Crippen molar-refractivity contribution in [3.05, 3.63) is 65.0 Å². The van der Waals surface area contributed by atoms with E-state index in [0.29, 0.717) is 5.56 Å². The molecule has 2 rings (SSSR count). The average Bonchev–Trinajstić information content (AvgIpc) is 2.57. The minimum absolute atomic E-state index is 0.357. The van der Waals surface area contributed by atoms with Crippen molar-refractivity contribution in [3.8, 4) is 5.75 Å². The number of hydrogen-bond acceptors (Lipinski definition) is 3. The Morgan fingerprint density at radius 1 is 0.960 bits per heavy atom. The predicted molar refractivity (Wildman–Crippen MR) is 89.0 cm³/mol. The molecule has 0 radical (unpaired) electrons. The summed E-state index contributed by atoms with van der Waals surface area (Å²) in [4.78, 5) is 0. The molecular weight excluding hydrogens is 336 g/mol. The van der Waals surface area contributed by atoms with Gasteiger partial charge in [-0.2, -0.15) is 23.4 Å². The van der Waals surface area contributed by atoms with Gasteiger partial charge in [0.05, 0.1) is 12.4 Å². The molecule has 0 fully saturated rings. The zero-order chi connectivity index (χ0) is 18.3. The lowest BCUT2D eigenvalue weighted by molar-refractivity contribution is -0.153. The van der Waals surface area contributed by atoms with Crippen LogP contribution in [-0.4, -0.2) is 25.2 Å². The van der Waals surface area contributed by atoms with Crippen molar-refractivity contribution in [2.75, 3.05) is 6.61 Å². The molecule has 0 aliphatic heterocycles. The number of alkyl halides is 3. The van der Waals surface area contributed by atoms with Gasteiger partial charge >= 0.3 is 6.18 Å². The van der Waals surface area contributed by atoms with Gasteiger partial charge in [-0.25, -0.2) is 4.39 Å². The highest BCUT2D eigenvalue weighted by Crippen LogP contribution is 2.21. The van der Waals surface area contributed by atoms with Crippen LogP contribution in [0.5, 0.6) is 5.75 Å². The number of ether oxygens (including phenoxy) is 1. The Hall–Kier alpha value is -2.70. The maximum absolute atomic E-state index is 13.7. The zero-order valence-electron chi connectivity index (χ0n) is 13.4. The van der Waals surface area contributed by atoms with Gasteiger partial charge in [0.25, 0.3) is 0 Å². The Kier molecular flexibility index (Phi) is 6.27. The van der Waals surface area contributed by atoms with Gasteiger partial charge in [-0.1, -0.05) is 31.2 Å². The van der Waals surface area contributed by atoms with Crippen LogP contribution >= 0.6 is 0 Å². The minimum Gasteiger partial charge on any atom is -0.481 e. The first kappa shape index (κ1) is 18.6. The molecule has 0 bridgehead atoms. The molecule has 0 unspecified atom stereocenters. The van der Waals surface area contributed by atoms with Crippen LogP contribution in [0.4, 0.5) is 17.6 Å². The van der Waals surface area contributed by atoms with Gasteiger partial charge in [0.15, 0.2) is 18.2 Å². The second kappa shape index (κ2) is 8.41. The molecule has 132 valence electrons. The van der Waals surface area contributed by atoms with Crippen LogP contribution < -0.4 is 4.74 Å². The minimum atomic E-state index is -4.52. The van der Waals surface area contributed by atoms with Gasteiger partial charge in [0, 0.05) is 0 Å². The normalized spacial score (nSPS) is 12.2. The van der Waals surface area contributed by atoms with Gasteiger partial charge in [-0.15, -0.1) is 0 Å². The third kappa shape index (κ3) is 6.37. The van der Waals surface area contributed by atoms with Crippen LogP contribution in [0.1, 0.15) is 23.6 Å². The molecule has 2 aromatic carbocycles. The van der Waals surface area contributed by atoms with E-state index in [0.717, 1.165) is 24.1 Å². The van der Waals surface area contributed by atoms with Crippen LogP contribution in [0, 0.1) is 5.82 Å². The molecule has 2 aromatic rings. The van der Waals surface area contributed by atoms with Crippen molar-refractivity contribution in [1.29, 1.82) is 0 Å². The summed E-state index contributed by atoms with van der Waals surface area (Å²) in [7, 11) is 0. The largest absolute Gasteiger partial charge is 0.481 e. The van der Waals surface area contributed by atoms with E-state index in [1.165, 1.54) is 17.8 Å². The fourth-order valence-electron chi connectivity index (χ4n) is 1.91. The van der Waals surface area contributed by atoms with E-state index in [-0.39, 0.29) is 0 Å². The predicted octanol–water partition coefficient (Wildman–Crippen LogP) is 4.78. The molecule has 0 saturated heterocycles. The molecule has 0 heterocycles.